The van der Waals surface area contributed by atoms with Crippen LogP contribution in [0.4, 0.5) is 5.69 Å². The molecule has 1 aliphatic rings. The lowest BCUT2D eigenvalue weighted by Gasteiger charge is -2.12. The van der Waals surface area contributed by atoms with Gasteiger partial charge in [-0.2, -0.15) is 0 Å². The smallest absolute Gasteiger partial charge is 0.353 e. The minimum Gasteiger partial charge on any atom is -0.477 e. The fraction of sp³-hybridized carbons (Fsp3) is 0.308. The van der Waals surface area contributed by atoms with E-state index in [0.717, 1.165) is 5.56 Å². The molecule has 0 radical (unpaired) electrons. The largest absolute Gasteiger partial charge is 0.477 e. The molecule has 1 unspecified atom stereocenters. The molecule has 2 N–H and O–H groups in total. The van der Waals surface area contributed by atoms with E-state index in [1.807, 2.05) is 12.1 Å². The number of oxime groups is 1. The number of hydrogen-bond acceptors (Lipinski definition) is 5. The second-order valence-corrected chi connectivity index (χ2v) is 4.22. The predicted molar refractivity (Wildman–Crippen MR) is 70.3 cm³/mol. The van der Waals surface area contributed by atoms with Crippen LogP contribution in [-0.4, -0.2) is 35.9 Å². The molecule has 1 heterocycles. The van der Waals surface area contributed by atoms with Gasteiger partial charge in [0.1, 0.15) is 0 Å². The zero-order chi connectivity index (χ0) is 14.5. The van der Waals surface area contributed by atoms with Gasteiger partial charge in [-0.05, 0) is 6.07 Å². The number of aliphatic carboxylic acids is 1. The Hall–Kier alpha value is -2.41. The van der Waals surface area contributed by atoms with E-state index in [0.29, 0.717) is 12.3 Å². The summed E-state index contributed by atoms with van der Waals surface area (Å²) in [6, 6.07) is 7.18. The SMILES string of the molecule is COCc1ccccc1NC(=O)C1CC(C(=O)O)=NO1. The molecule has 20 heavy (non-hydrogen) atoms. The molecule has 0 aromatic heterocycles. The standard InChI is InChI=1S/C13H14N2O5/c1-19-7-8-4-2-3-5-9(8)14-12(16)11-6-10(13(17)18)15-20-11/h2-5,11H,6-7H2,1H3,(H,14,16)(H,17,18). The van der Waals surface area contributed by atoms with Gasteiger partial charge < -0.3 is 20.0 Å². The Morgan fingerprint density at radius 2 is 2.25 bits per heavy atom. The monoisotopic (exact) mass is 278 g/mol. The van der Waals surface area contributed by atoms with Crippen LogP contribution >= 0.6 is 0 Å². The highest BCUT2D eigenvalue weighted by Crippen LogP contribution is 2.18. The van der Waals surface area contributed by atoms with Gasteiger partial charge in [-0.3, -0.25) is 4.79 Å². The Morgan fingerprint density at radius 3 is 2.90 bits per heavy atom. The van der Waals surface area contributed by atoms with Crippen LogP contribution in [0, 0.1) is 0 Å². The summed E-state index contributed by atoms with van der Waals surface area (Å²) in [5.41, 5.74) is 1.27. The van der Waals surface area contributed by atoms with Crippen molar-refractivity contribution in [3.8, 4) is 0 Å². The van der Waals surface area contributed by atoms with Crippen LogP contribution in [0.15, 0.2) is 29.4 Å². The first-order valence-corrected chi connectivity index (χ1v) is 5.95. The van der Waals surface area contributed by atoms with E-state index >= 15 is 0 Å². The molecule has 1 atom stereocenters. The molecule has 1 amide bonds. The Kier molecular flexibility index (Phi) is 4.31. The molecule has 7 heteroatoms. The lowest BCUT2D eigenvalue weighted by molar-refractivity contribution is -0.129. The molecular formula is C13H14N2O5. The van der Waals surface area contributed by atoms with Gasteiger partial charge >= 0.3 is 5.97 Å². The average molecular weight is 278 g/mol. The second-order valence-electron chi connectivity index (χ2n) is 4.22. The van der Waals surface area contributed by atoms with Crippen molar-refractivity contribution in [2.24, 2.45) is 5.16 Å². The van der Waals surface area contributed by atoms with Crippen LogP contribution in [0.25, 0.3) is 0 Å². The highest BCUT2D eigenvalue weighted by atomic mass is 16.6. The molecule has 0 saturated carbocycles. The third kappa shape index (κ3) is 3.12. The number of benzene rings is 1. The van der Waals surface area contributed by atoms with Gasteiger partial charge in [0.05, 0.1) is 6.61 Å². The average Bonchev–Trinajstić information content (AvgIpc) is 2.91. The number of carboxylic acid groups (broad SMARTS) is 1. The van der Waals surface area contributed by atoms with Crippen LogP contribution in [0.1, 0.15) is 12.0 Å². The van der Waals surface area contributed by atoms with Crippen molar-refractivity contribution in [1.29, 1.82) is 0 Å². The maximum atomic E-state index is 12.0. The summed E-state index contributed by atoms with van der Waals surface area (Å²) in [5.74, 6) is -1.62. The number of methoxy groups -OCH3 is 1. The van der Waals surface area contributed by atoms with Gasteiger partial charge in [0, 0.05) is 24.8 Å². The van der Waals surface area contributed by atoms with E-state index < -0.39 is 18.0 Å². The van der Waals surface area contributed by atoms with Crippen molar-refractivity contribution in [2.45, 2.75) is 19.1 Å². The first-order chi connectivity index (χ1) is 9.61. The van der Waals surface area contributed by atoms with Crippen molar-refractivity contribution in [3.63, 3.8) is 0 Å². The molecule has 0 aliphatic carbocycles. The molecule has 0 saturated heterocycles. The second kappa shape index (κ2) is 6.16. The summed E-state index contributed by atoms with van der Waals surface area (Å²) in [7, 11) is 1.56. The lowest BCUT2D eigenvalue weighted by atomic mass is 10.1. The molecule has 106 valence electrons. The Bertz CT molecular complexity index is 555. The van der Waals surface area contributed by atoms with Crippen LogP contribution < -0.4 is 5.32 Å². The molecule has 2 rings (SSSR count). The number of carboxylic acids is 1. The van der Waals surface area contributed by atoms with Crippen LogP contribution in [0.5, 0.6) is 0 Å². The topological polar surface area (TPSA) is 97.2 Å². The number of carbonyl (C=O) groups is 2. The minimum atomic E-state index is -1.18. The third-order valence-electron chi connectivity index (χ3n) is 2.78. The Balaban J connectivity index is 2.01. The van der Waals surface area contributed by atoms with Gasteiger partial charge in [0.25, 0.3) is 5.91 Å². The van der Waals surface area contributed by atoms with Gasteiger partial charge in [-0.15, -0.1) is 0 Å². The predicted octanol–water partition coefficient (Wildman–Crippen LogP) is 1.00. The van der Waals surface area contributed by atoms with Gasteiger partial charge in [0.2, 0.25) is 6.10 Å². The number of hydrogen-bond donors (Lipinski definition) is 2. The zero-order valence-electron chi connectivity index (χ0n) is 10.8. The molecule has 0 fully saturated rings. The van der Waals surface area contributed by atoms with Crippen molar-refractivity contribution in [1.82, 2.24) is 0 Å². The van der Waals surface area contributed by atoms with E-state index in [4.69, 9.17) is 14.7 Å². The number of nitrogens with one attached hydrogen (secondary N) is 1. The van der Waals surface area contributed by atoms with Crippen LogP contribution in [-0.2, 0) is 25.8 Å². The number of amides is 1. The number of rotatable bonds is 5. The van der Waals surface area contributed by atoms with Gasteiger partial charge in [0.15, 0.2) is 5.71 Å². The van der Waals surface area contributed by atoms with E-state index in [9.17, 15) is 9.59 Å². The van der Waals surface area contributed by atoms with E-state index in [1.165, 1.54) is 0 Å². The van der Waals surface area contributed by atoms with E-state index in [1.54, 1.807) is 19.2 Å². The molecule has 0 spiro atoms. The summed E-state index contributed by atoms with van der Waals surface area (Å²) in [4.78, 5) is 27.5. The summed E-state index contributed by atoms with van der Waals surface area (Å²) < 4.78 is 5.04. The Morgan fingerprint density at radius 1 is 1.50 bits per heavy atom. The molecule has 7 nitrogen and oxygen atoms in total. The zero-order valence-corrected chi connectivity index (χ0v) is 10.8. The lowest BCUT2D eigenvalue weighted by Crippen LogP contribution is -2.29. The number of ether oxygens (including phenoxy) is 1. The fourth-order valence-corrected chi connectivity index (χ4v) is 1.78. The maximum absolute atomic E-state index is 12.0. The number of para-hydroxylation sites is 1. The van der Waals surface area contributed by atoms with Crippen molar-refractivity contribution >= 4 is 23.3 Å². The van der Waals surface area contributed by atoms with Crippen molar-refractivity contribution < 1.29 is 24.3 Å². The van der Waals surface area contributed by atoms with Gasteiger partial charge in [-0.25, -0.2) is 4.79 Å². The number of nitrogens with zero attached hydrogens (tertiary/aromatic N) is 1. The highest BCUT2D eigenvalue weighted by molar-refractivity contribution is 6.36. The quantitative estimate of drug-likeness (QED) is 0.837. The first-order valence-electron chi connectivity index (χ1n) is 5.95. The minimum absolute atomic E-state index is 0.0480. The Labute approximate surface area is 115 Å². The van der Waals surface area contributed by atoms with Crippen molar-refractivity contribution in [3.05, 3.63) is 29.8 Å². The normalized spacial score (nSPS) is 17.2. The fourth-order valence-electron chi connectivity index (χ4n) is 1.78. The number of anilines is 1. The molecular weight excluding hydrogens is 264 g/mol. The molecule has 0 bridgehead atoms. The first kappa shape index (κ1) is 14.0. The van der Waals surface area contributed by atoms with Crippen LogP contribution in [0.2, 0.25) is 0 Å². The molecule has 1 aromatic carbocycles. The maximum Gasteiger partial charge on any atom is 0.353 e. The summed E-state index contributed by atoms with van der Waals surface area (Å²) in [6.07, 6.45) is -0.968. The third-order valence-corrected chi connectivity index (χ3v) is 2.78. The summed E-state index contributed by atoms with van der Waals surface area (Å²) >= 11 is 0. The van der Waals surface area contributed by atoms with Crippen LogP contribution in [0.3, 0.4) is 0 Å². The summed E-state index contributed by atoms with van der Waals surface area (Å²) in [6.45, 7) is 0.360. The van der Waals surface area contributed by atoms with E-state index in [2.05, 4.69) is 10.5 Å². The van der Waals surface area contributed by atoms with Crippen molar-refractivity contribution in [2.75, 3.05) is 12.4 Å². The number of carbonyl (C=O) groups excluding carboxylic acids is 1. The molecule has 1 aliphatic heterocycles. The van der Waals surface area contributed by atoms with Gasteiger partial charge in [-0.1, -0.05) is 23.4 Å². The summed E-state index contributed by atoms with van der Waals surface area (Å²) in [5, 5.41) is 14.8. The highest BCUT2D eigenvalue weighted by Gasteiger charge is 2.31. The van der Waals surface area contributed by atoms with E-state index in [-0.39, 0.29) is 12.1 Å². The molecule has 1 aromatic rings.